The number of benzene rings is 1. The summed E-state index contributed by atoms with van der Waals surface area (Å²) in [5, 5.41) is 6.84. The molecule has 0 bridgehead atoms. The third-order valence-corrected chi connectivity index (χ3v) is 4.91. The molecule has 0 atom stereocenters. The zero-order valence-electron chi connectivity index (χ0n) is 17.0. The lowest BCUT2D eigenvalue weighted by atomic mass is 10.1. The van der Waals surface area contributed by atoms with Crippen LogP contribution >= 0.6 is 0 Å². The summed E-state index contributed by atoms with van der Waals surface area (Å²) in [5.41, 5.74) is 2.15. The Morgan fingerprint density at radius 1 is 1.07 bits per heavy atom. The van der Waals surface area contributed by atoms with Crippen molar-refractivity contribution in [1.82, 2.24) is 19.9 Å². The van der Waals surface area contributed by atoms with Crippen molar-refractivity contribution in [2.45, 2.75) is 52.1 Å². The summed E-state index contributed by atoms with van der Waals surface area (Å²) in [6.45, 7) is 6.46. The van der Waals surface area contributed by atoms with Gasteiger partial charge in [-0.1, -0.05) is 18.2 Å². The van der Waals surface area contributed by atoms with E-state index in [-0.39, 0.29) is 23.2 Å². The first-order valence-corrected chi connectivity index (χ1v) is 9.90. The molecular formula is C22H25N5O2. The molecule has 0 saturated carbocycles. The van der Waals surface area contributed by atoms with Gasteiger partial charge in [-0.15, -0.1) is 0 Å². The number of nitrogens with one attached hydrogen (secondary N) is 2. The van der Waals surface area contributed by atoms with Crippen molar-refractivity contribution in [2.24, 2.45) is 0 Å². The molecule has 3 heterocycles. The van der Waals surface area contributed by atoms with Crippen LogP contribution in [0.2, 0.25) is 0 Å². The normalized spacial score (nSPS) is 13.8. The number of anilines is 1. The van der Waals surface area contributed by atoms with Crippen LogP contribution in [0.15, 0.2) is 36.5 Å². The van der Waals surface area contributed by atoms with E-state index in [2.05, 4.69) is 20.6 Å². The summed E-state index contributed by atoms with van der Waals surface area (Å²) >= 11 is 0. The molecule has 2 aromatic heterocycles. The molecule has 1 aromatic carbocycles. The van der Waals surface area contributed by atoms with Crippen molar-refractivity contribution in [2.75, 3.05) is 5.32 Å². The van der Waals surface area contributed by atoms with Crippen LogP contribution in [0.3, 0.4) is 0 Å². The average molecular weight is 391 g/mol. The zero-order chi connectivity index (χ0) is 20.6. The number of para-hydroxylation sites is 1. The zero-order valence-corrected chi connectivity index (χ0v) is 17.0. The molecule has 7 nitrogen and oxygen atoms in total. The van der Waals surface area contributed by atoms with E-state index in [9.17, 15) is 9.59 Å². The molecule has 0 aliphatic carbocycles. The molecule has 0 fully saturated rings. The predicted octanol–water partition coefficient (Wildman–Crippen LogP) is 3.55. The molecule has 1 aliphatic rings. The second kappa shape index (κ2) is 7.31. The molecule has 0 radical (unpaired) electrons. The van der Waals surface area contributed by atoms with Crippen LogP contribution in [0.1, 0.15) is 60.4 Å². The van der Waals surface area contributed by atoms with Gasteiger partial charge in [-0.05, 0) is 52.2 Å². The van der Waals surface area contributed by atoms with Crippen LogP contribution in [0.25, 0.3) is 10.9 Å². The first kappa shape index (κ1) is 19.1. The maximum Gasteiger partial charge on any atom is 0.291 e. The summed E-state index contributed by atoms with van der Waals surface area (Å²) in [7, 11) is 0. The minimum Gasteiger partial charge on any atom is -0.346 e. The number of aromatic nitrogens is 3. The summed E-state index contributed by atoms with van der Waals surface area (Å²) in [6, 6.07) is 9.46. The van der Waals surface area contributed by atoms with E-state index in [1.165, 1.54) is 0 Å². The molecule has 150 valence electrons. The molecular weight excluding hydrogens is 366 g/mol. The maximum atomic E-state index is 13.1. The highest BCUT2D eigenvalue weighted by Crippen LogP contribution is 2.24. The Hall–Kier alpha value is -3.22. The number of nitrogens with zero attached hydrogens (tertiary/aromatic N) is 3. The lowest BCUT2D eigenvalue weighted by Gasteiger charge is -2.21. The molecule has 0 spiro atoms. The van der Waals surface area contributed by atoms with Crippen LogP contribution in [0.4, 0.5) is 5.69 Å². The average Bonchev–Trinajstić information content (AvgIpc) is 3.07. The van der Waals surface area contributed by atoms with Crippen molar-refractivity contribution < 1.29 is 9.59 Å². The standard InChI is InChI=1S/C22H25N5O2/c1-22(2,3)26-20(28)18-16-11-4-5-13-27(16)19(25-18)21(29)24-15-10-6-8-14-9-7-12-23-17(14)15/h6-10,12H,4-5,11,13H2,1-3H3,(H,24,29)(H,26,28). The Bertz CT molecular complexity index is 1090. The molecule has 3 aromatic rings. The lowest BCUT2D eigenvalue weighted by Crippen LogP contribution is -2.41. The quantitative estimate of drug-likeness (QED) is 0.715. The van der Waals surface area contributed by atoms with Crippen molar-refractivity contribution in [1.29, 1.82) is 0 Å². The number of carbonyl (C=O) groups is 2. The maximum absolute atomic E-state index is 13.1. The largest absolute Gasteiger partial charge is 0.346 e. The minimum absolute atomic E-state index is 0.242. The topological polar surface area (TPSA) is 88.9 Å². The Morgan fingerprint density at radius 2 is 1.86 bits per heavy atom. The van der Waals surface area contributed by atoms with Crippen molar-refractivity contribution in [3.63, 3.8) is 0 Å². The number of fused-ring (bicyclic) bond motifs is 2. The highest BCUT2D eigenvalue weighted by molar-refractivity contribution is 6.07. The highest BCUT2D eigenvalue weighted by atomic mass is 16.2. The second-order valence-electron chi connectivity index (χ2n) is 8.38. The Kier molecular flexibility index (Phi) is 4.82. The second-order valence-corrected chi connectivity index (χ2v) is 8.38. The van der Waals surface area contributed by atoms with E-state index >= 15 is 0 Å². The number of hydrogen-bond donors (Lipinski definition) is 2. The minimum atomic E-state index is -0.376. The first-order valence-electron chi connectivity index (χ1n) is 9.90. The van der Waals surface area contributed by atoms with Gasteiger partial charge < -0.3 is 15.2 Å². The van der Waals surface area contributed by atoms with Crippen molar-refractivity contribution in [3.8, 4) is 0 Å². The van der Waals surface area contributed by atoms with Crippen molar-refractivity contribution >= 4 is 28.4 Å². The van der Waals surface area contributed by atoms with E-state index < -0.39 is 0 Å². The van der Waals surface area contributed by atoms with Crippen LogP contribution in [0.5, 0.6) is 0 Å². The van der Waals surface area contributed by atoms with Gasteiger partial charge in [-0.3, -0.25) is 14.6 Å². The number of pyridine rings is 1. The van der Waals surface area contributed by atoms with Crippen LogP contribution < -0.4 is 10.6 Å². The third-order valence-electron chi connectivity index (χ3n) is 4.91. The number of amides is 2. The fraction of sp³-hybridized carbons (Fsp3) is 0.364. The van der Waals surface area contributed by atoms with Gasteiger partial charge in [0.2, 0.25) is 0 Å². The molecule has 0 saturated heterocycles. The molecule has 2 amide bonds. The predicted molar refractivity (Wildman–Crippen MR) is 112 cm³/mol. The Morgan fingerprint density at radius 3 is 2.66 bits per heavy atom. The molecule has 7 heteroatoms. The van der Waals surface area contributed by atoms with Gasteiger partial charge in [0.05, 0.1) is 16.9 Å². The third kappa shape index (κ3) is 3.85. The Labute approximate surface area is 169 Å². The molecule has 29 heavy (non-hydrogen) atoms. The van der Waals surface area contributed by atoms with E-state index in [0.717, 1.165) is 35.9 Å². The van der Waals surface area contributed by atoms with Gasteiger partial charge in [0.25, 0.3) is 11.8 Å². The summed E-state index contributed by atoms with van der Waals surface area (Å²) in [5.74, 6) is -0.304. The number of rotatable bonds is 3. The van der Waals surface area contributed by atoms with Crippen molar-refractivity contribution in [3.05, 3.63) is 53.7 Å². The number of hydrogen-bond acceptors (Lipinski definition) is 4. The van der Waals surface area contributed by atoms with Gasteiger partial charge in [0, 0.05) is 23.7 Å². The number of carbonyl (C=O) groups excluding carboxylic acids is 2. The van der Waals surface area contributed by atoms with Gasteiger partial charge >= 0.3 is 0 Å². The first-order chi connectivity index (χ1) is 13.8. The number of imidazole rings is 1. The van der Waals surface area contributed by atoms with Crippen LogP contribution in [-0.2, 0) is 13.0 Å². The van der Waals surface area contributed by atoms with E-state index in [1.807, 2.05) is 55.7 Å². The lowest BCUT2D eigenvalue weighted by molar-refractivity contribution is 0.0913. The van der Waals surface area contributed by atoms with E-state index in [1.54, 1.807) is 6.20 Å². The van der Waals surface area contributed by atoms with Crippen LogP contribution in [-0.4, -0.2) is 31.9 Å². The van der Waals surface area contributed by atoms with Gasteiger partial charge in [0.15, 0.2) is 5.82 Å². The molecule has 0 unspecified atom stereocenters. The molecule has 4 rings (SSSR count). The highest BCUT2D eigenvalue weighted by Gasteiger charge is 2.29. The fourth-order valence-corrected chi connectivity index (χ4v) is 3.68. The summed E-state index contributed by atoms with van der Waals surface area (Å²) in [4.78, 5) is 34.7. The smallest absolute Gasteiger partial charge is 0.291 e. The van der Waals surface area contributed by atoms with Gasteiger partial charge in [-0.25, -0.2) is 4.98 Å². The molecule has 2 N–H and O–H groups in total. The Balaban J connectivity index is 1.69. The monoisotopic (exact) mass is 391 g/mol. The van der Waals surface area contributed by atoms with E-state index in [0.29, 0.717) is 17.9 Å². The fourth-order valence-electron chi connectivity index (χ4n) is 3.68. The molecule has 1 aliphatic heterocycles. The van der Waals surface area contributed by atoms with Crippen LogP contribution in [0, 0.1) is 0 Å². The summed E-state index contributed by atoms with van der Waals surface area (Å²) < 4.78 is 1.88. The SMILES string of the molecule is CC(C)(C)NC(=O)c1nc(C(=O)Nc2cccc3cccnc23)n2c1CCCC2. The summed E-state index contributed by atoms with van der Waals surface area (Å²) in [6.07, 6.45) is 4.38. The van der Waals surface area contributed by atoms with Gasteiger partial charge in [-0.2, -0.15) is 0 Å². The van der Waals surface area contributed by atoms with E-state index in [4.69, 9.17) is 0 Å². The van der Waals surface area contributed by atoms with Gasteiger partial charge in [0.1, 0.15) is 5.69 Å².